The Morgan fingerprint density at radius 1 is 1.22 bits per heavy atom. The van der Waals surface area contributed by atoms with E-state index in [-0.39, 0.29) is 0 Å². The maximum atomic E-state index is 5.73. The Morgan fingerprint density at radius 3 is 2.61 bits per heavy atom. The van der Waals surface area contributed by atoms with Crippen LogP contribution in [-0.4, -0.2) is 12.0 Å². The molecule has 4 heteroatoms. The van der Waals surface area contributed by atoms with Crippen molar-refractivity contribution in [3.05, 3.63) is 58.2 Å². The molecule has 0 aliphatic rings. The Balaban J connectivity index is 2.16. The van der Waals surface area contributed by atoms with Gasteiger partial charge in [0.25, 0.3) is 0 Å². The van der Waals surface area contributed by atoms with Gasteiger partial charge in [0.1, 0.15) is 5.82 Å². The van der Waals surface area contributed by atoms with Crippen molar-refractivity contribution < 1.29 is 0 Å². The van der Waals surface area contributed by atoms with Crippen LogP contribution in [0.2, 0.25) is 0 Å². The number of nitrogens with two attached hydrogens (primary N) is 1. The topological polar surface area (TPSA) is 42.2 Å². The van der Waals surface area contributed by atoms with E-state index in [1.54, 1.807) is 6.20 Å². The van der Waals surface area contributed by atoms with E-state index in [4.69, 9.17) is 5.73 Å². The summed E-state index contributed by atoms with van der Waals surface area (Å²) in [6.45, 7) is 1.32. The number of nitrogens with zero attached hydrogens (tertiary/aromatic N) is 2. The van der Waals surface area contributed by atoms with E-state index in [0.717, 1.165) is 22.4 Å². The fourth-order valence-electron chi connectivity index (χ4n) is 1.87. The quantitative estimate of drug-likeness (QED) is 0.944. The molecule has 2 rings (SSSR count). The van der Waals surface area contributed by atoms with Gasteiger partial charge < -0.3 is 10.6 Å². The van der Waals surface area contributed by atoms with E-state index in [9.17, 15) is 0 Å². The van der Waals surface area contributed by atoms with E-state index >= 15 is 0 Å². The van der Waals surface area contributed by atoms with Gasteiger partial charge in [0.15, 0.2) is 0 Å². The lowest BCUT2D eigenvalue weighted by Crippen LogP contribution is -2.20. The lowest BCUT2D eigenvalue weighted by molar-refractivity contribution is 0.876. The fourth-order valence-corrected chi connectivity index (χ4v) is 2.14. The molecule has 0 saturated heterocycles. The predicted molar refractivity (Wildman–Crippen MR) is 78.4 cm³/mol. The van der Waals surface area contributed by atoms with Crippen molar-refractivity contribution in [1.29, 1.82) is 0 Å². The molecule has 0 radical (unpaired) electrons. The molecule has 2 N–H and O–H groups in total. The lowest BCUT2D eigenvalue weighted by Gasteiger charge is -2.20. The number of pyridine rings is 1. The highest BCUT2D eigenvalue weighted by atomic mass is 79.9. The van der Waals surface area contributed by atoms with Crippen LogP contribution in [0.1, 0.15) is 11.1 Å². The Kier molecular flexibility index (Phi) is 4.33. The van der Waals surface area contributed by atoms with E-state index in [2.05, 4.69) is 37.9 Å². The van der Waals surface area contributed by atoms with Crippen molar-refractivity contribution in [2.45, 2.75) is 13.1 Å². The van der Waals surface area contributed by atoms with E-state index < -0.39 is 0 Å². The first-order chi connectivity index (χ1) is 8.70. The zero-order valence-corrected chi connectivity index (χ0v) is 11.9. The van der Waals surface area contributed by atoms with Gasteiger partial charge in [0, 0.05) is 36.4 Å². The Hall–Kier alpha value is -1.39. The van der Waals surface area contributed by atoms with Crippen LogP contribution in [0.4, 0.5) is 5.82 Å². The number of anilines is 1. The first-order valence-corrected chi connectivity index (χ1v) is 6.59. The number of aromatic nitrogens is 1. The molecule has 94 valence electrons. The molecule has 0 spiro atoms. The van der Waals surface area contributed by atoms with Gasteiger partial charge in [-0.05, 0) is 23.8 Å². The molecule has 1 aromatic heterocycles. The molecule has 0 bridgehead atoms. The van der Waals surface area contributed by atoms with Gasteiger partial charge in [0.05, 0.1) is 0 Å². The highest BCUT2D eigenvalue weighted by molar-refractivity contribution is 9.10. The third kappa shape index (κ3) is 3.09. The van der Waals surface area contributed by atoms with Gasteiger partial charge in [-0.15, -0.1) is 0 Å². The fraction of sp³-hybridized carbons (Fsp3) is 0.214. The van der Waals surface area contributed by atoms with Gasteiger partial charge in [-0.3, -0.25) is 0 Å². The normalized spacial score (nSPS) is 10.4. The van der Waals surface area contributed by atoms with E-state index in [1.807, 2.05) is 31.3 Å². The molecule has 2 aromatic rings. The van der Waals surface area contributed by atoms with Crippen LogP contribution in [0.15, 0.2) is 47.1 Å². The Morgan fingerprint density at radius 2 is 1.94 bits per heavy atom. The second-order valence-electron chi connectivity index (χ2n) is 4.17. The molecule has 0 saturated carbocycles. The van der Waals surface area contributed by atoms with Crippen molar-refractivity contribution in [3.8, 4) is 0 Å². The summed E-state index contributed by atoms with van der Waals surface area (Å²) in [6, 6.07) is 12.2. The van der Waals surface area contributed by atoms with Crippen LogP contribution >= 0.6 is 15.9 Å². The minimum Gasteiger partial charge on any atom is -0.355 e. The van der Waals surface area contributed by atoms with Crippen molar-refractivity contribution in [2.24, 2.45) is 5.73 Å². The number of halogens is 1. The van der Waals surface area contributed by atoms with Crippen molar-refractivity contribution in [3.63, 3.8) is 0 Å². The molecule has 0 unspecified atom stereocenters. The predicted octanol–water partition coefficient (Wildman–Crippen LogP) is 2.94. The van der Waals surface area contributed by atoms with Crippen molar-refractivity contribution in [1.82, 2.24) is 4.98 Å². The largest absolute Gasteiger partial charge is 0.355 e. The van der Waals surface area contributed by atoms with E-state index in [1.165, 1.54) is 5.56 Å². The number of hydrogen-bond donors (Lipinski definition) is 1. The number of hydrogen-bond acceptors (Lipinski definition) is 3. The number of benzene rings is 1. The molecule has 0 fully saturated rings. The third-order valence-electron chi connectivity index (χ3n) is 2.78. The first-order valence-electron chi connectivity index (χ1n) is 5.80. The average Bonchev–Trinajstić information content (AvgIpc) is 2.41. The first kappa shape index (κ1) is 13.1. The van der Waals surface area contributed by atoms with Crippen LogP contribution < -0.4 is 10.6 Å². The van der Waals surface area contributed by atoms with Gasteiger partial charge >= 0.3 is 0 Å². The summed E-state index contributed by atoms with van der Waals surface area (Å²) in [5.41, 5.74) is 8.04. The van der Waals surface area contributed by atoms with Crippen LogP contribution in [0, 0.1) is 0 Å². The summed E-state index contributed by atoms with van der Waals surface area (Å²) in [5, 5.41) is 0. The maximum Gasteiger partial charge on any atom is 0.133 e. The standard InChI is InChI=1S/C14H16BrN3/c1-18(10-11-4-6-13(15)7-5-11)14-12(9-16)3-2-8-17-14/h2-8H,9-10,16H2,1H3. The Labute approximate surface area is 116 Å². The molecular weight excluding hydrogens is 290 g/mol. The maximum absolute atomic E-state index is 5.73. The smallest absolute Gasteiger partial charge is 0.133 e. The zero-order valence-electron chi connectivity index (χ0n) is 10.3. The van der Waals surface area contributed by atoms with Crippen LogP contribution in [-0.2, 0) is 13.1 Å². The molecular formula is C14H16BrN3. The SMILES string of the molecule is CN(Cc1ccc(Br)cc1)c1ncccc1CN. The monoisotopic (exact) mass is 305 g/mol. The third-order valence-corrected chi connectivity index (χ3v) is 3.31. The van der Waals surface area contributed by atoms with Gasteiger partial charge in [-0.25, -0.2) is 4.98 Å². The van der Waals surface area contributed by atoms with Crippen molar-refractivity contribution in [2.75, 3.05) is 11.9 Å². The zero-order chi connectivity index (χ0) is 13.0. The average molecular weight is 306 g/mol. The Bertz CT molecular complexity index is 511. The molecule has 3 nitrogen and oxygen atoms in total. The highest BCUT2D eigenvalue weighted by Crippen LogP contribution is 2.18. The summed E-state index contributed by atoms with van der Waals surface area (Å²) in [5.74, 6) is 0.947. The van der Waals surface area contributed by atoms with Gasteiger partial charge in [0.2, 0.25) is 0 Å². The van der Waals surface area contributed by atoms with Crippen molar-refractivity contribution >= 4 is 21.7 Å². The lowest BCUT2D eigenvalue weighted by atomic mass is 10.2. The van der Waals surface area contributed by atoms with Gasteiger partial charge in [-0.2, -0.15) is 0 Å². The van der Waals surface area contributed by atoms with Crippen LogP contribution in [0.5, 0.6) is 0 Å². The second-order valence-corrected chi connectivity index (χ2v) is 5.09. The molecule has 0 atom stereocenters. The summed E-state index contributed by atoms with van der Waals surface area (Å²) >= 11 is 3.44. The molecule has 0 amide bonds. The molecule has 0 aliphatic carbocycles. The van der Waals surface area contributed by atoms with Crippen LogP contribution in [0.25, 0.3) is 0 Å². The minimum atomic E-state index is 0.508. The van der Waals surface area contributed by atoms with Gasteiger partial charge in [-0.1, -0.05) is 34.1 Å². The summed E-state index contributed by atoms with van der Waals surface area (Å²) < 4.78 is 1.09. The molecule has 0 aliphatic heterocycles. The van der Waals surface area contributed by atoms with E-state index in [0.29, 0.717) is 6.54 Å². The summed E-state index contributed by atoms with van der Waals surface area (Å²) in [6.07, 6.45) is 1.80. The molecule has 18 heavy (non-hydrogen) atoms. The molecule has 1 heterocycles. The molecule has 1 aromatic carbocycles. The second kappa shape index (κ2) is 5.98. The summed E-state index contributed by atoms with van der Waals surface area (Å²) in [7, 11) is 2.03. The van der Waals surface area contributed by atoms with Crippen LogP contribution in [0.3, 0.4) is 0 Å². The summed E-state index contributed by atoms with van der Waals surface area (Å²) in [4.78, 5) is 6.52. The highest BCUT2D eigenvalue weighted by Gasteiger charge is 2.07. The number of rotatable bonds is 4. The minimum absolute atomic E-state index is 0.508.